The van der Waals surface area contributed by atoms with Gasteiger partial charge in [-0.3, -0.25) is 24.8 Å². The molecule has 0 radical (unpaired) electrons. The Balaban J connectivity index is 1.92. The standard InChI is InChI=1S/C28H25F3N4O6/c1-15(2)17-5-7-18(8-6-17)24(34-40-14-22(36)37)23-25(19-9-11-20(12-10-19)41-28(29,30)31)35(27(39)26(23)38)21-13-4-16(3)32-33-21/h4-13,15,25,34H,14H2,1-3H3,(H,36,37). The third-order valence-corrected chi connectivity index (χ3v) is 6.15. The maximum atomic E-state index is 13.6. The van der Waals surface area contributed by atoms with Crippen molar-refractivity contribution in [3.63, 3.8) is 0 Å². The second-order valence-electron chi connectivity index (χ2n) is 9.41. The van der Waals surface area contributed by atoms with Crippen molar-refractivity contribution in [2.24, 2.45) is 0 Å². The lowest BCUT2D eigenvalue weighted by Crippen LogP contribution is -2.30. The van der Waals surface area contributed by atoms with Gasteiger partial charge in [0.15, 0.2) is 12.4 Å². The number of aromatic nitrogens is 2. The van der Waals surface area contributed by atoms with Crippen molar-refractivity contribution >= 4 is 29.2 Å². The van der Waals surface area contributed by atoms with Gasteiger partial charge in [-0.25, -0.2) is 4.79 Å². The molecule has 1 amide bonds. The molecular formula is C28H25F3N4O6. The molecule has 0 spiro atoms. The molecule has 1 atom stereocenters. The normalized spacial score (nSPS) is 16.8. The molecule has 3 aromatic rings. The van der Waals surface area contributed by atoms with Gasteiger partial charge >= 0.3 is 18.2 Å². The Morgan fingerprint density at radius 1 is 1.02 bits per heavy atom. The number of ketones is 1. The number of nitrogens with one attached hydrogen (secondary N) is 1. The quantitative estimate of drug-likeness (QED) is 0.217. The fourth-order valence-corrected chi connectivity index (χ4v) is 4.24. The number of nitrogens with zero attached hydrogens (tertiary/aromatic N) is 3. The number of halogens is 3. The average molecular weight is 571 g/mol. The summed E-state index contributed by atoms with van der Waals surface area (Å²) in [6.07, 6.45) is -4.92. The smallest absolute Gasteiger partial charge is 0.479 e. The van der Waals surface area contributed by atoms with Crippen LogP contribution in [0.1, 0.15) is 48.2 Å². The van der Waals surface area contributed by atoms with Crippen molar-refractivity contribution < 1.29 is 42.2 Å². The number of benzene rings is 2. The van der Waals surface area contributed by atoms with Crippen molar-refractivity contribution in [1.82, 2.24) is 15.7 Å². The van der Waals surface area contributed by atoms with Crippen LogP contribution in [0.5, 0.6) is 5.75 Å². The molecule has 214 valence electrons. The highest BCUT2D eigenvalue weighted by Gasteiger charge is 2.47. The van der Waals surface area contributed by atoms with Gasteiger partial charge in [0, 0.05) is 5.56 Å². The molecule has 10 nitrogen and oxygen atoms in total. The van der Waals surface area contributed by atoms with E-state index < -0.39 is 42.4 Å². The number of hydrogen-bond donors (Lipinski definition) is 2. The predicted octanol–water partition coefficient (Wildman–Crippen LogP) is 4.48. The third-order valence-electron chi connectivity index (χ3n) is 6.15. The predicted molar refractivity (Wildman–Crippen MR) is 139 cm³/mol. The number of hydrogen-bond acceptors (Lipinski definition) is 8. The van der Waals surface area contributed by atoms with E-state index in [1.165, 1.54) is 18.2 Å². The van der Waals surface area contributed by atoms with Crippen LogP contribution in [0, 0.1) is 6.92 Å². The molecule has 41 heavy (non-hydrogen) atoms. The first-order chi connectivity index (χ1) is 19.4. The zero-order valence-corrected chi connectivity index (χ0v) is 22.1. The highest BCUT2D eigenvalue weighted by molar-refractivity contribution is 6.51. The van der Waals surface area contributed by atoms with Gasteiger partial charge < -0.3 is 9.84 Å². The van der Waals surface area contributed by atoms with E-state index >= 15 is 0 Å². The molecule has 1 unspecified atom stereocenters. The number of Topliss-reactive ketones (excluding diaryl/α,β-unsaturated/α-hetero) is 1. The van der Waals surface area contributed by atoms with E-state index in [2.05, 4.69) is 20.4 Å². The Morgan fingerprint density at radius 2 is 1.68 bits per heavy atom. The number of aliphatic carboxylic acids is 1. The number of carbonyl (C=O) groups excluding carboxylic acids is 2. The van der Waals surface area contributed by atoms with Crippen molar-refractivity contribution in [2.75, 3.05) is 11.5 Å². The Labute approximate surface area is 232 Å². The number of carboxylic acid groups (broad SMARTS) is 1. The molecule has 2 aromatic carbocycles. The first-order valence-corrected chi connectivity index (χ1v) is 12.3. The number of ether oxygens (including phenoxy) is 1. The van der Waals surface area contributed by atoms with E-state index in [0.717, 1.165) is 22.6 Å². The van der Waals surface area contributed by atoms with E-state index in [-0.39, 0.29) is 28.6 Å². The summed E-state index contributed by atoms with van der Waals surface area (Å²) in [6, 6.07) is 13.5. The first-order valence-electron chi connectivity index (χ1n) is 12.3. The minimum Gasteiger partial charge on any atom is -0.479 e. The Bertz CT molecular complexity index is 1470. The van der Waals surface area contributed by atoms with Crippen LogP contribution in [-0.4, -0.2) is 45.9 Å². The number of rotatable bonds is 9. The fourth-order valence-electron chi connectivity index (χ4n) is 4.24. The molecule has 4 rings (SSSR count). The van der Waals surface area contributed by atoms with Crippen LogP contribution in [0.2, 0.25) is 0 Å². The monoisotopic (exact) mass is 570 g/mol. The van der Waals surface area contributed by atoms with Crippen LogP contribution < -0.4 is 15.1 Å². The number of alkyl halides is 3. The van der Waals surface area contributed by atoms with Gasteiger partial charge in [0.2, 0.25) is 0 Å². The van der Waals surface area contributed by atoms with E-state index in [1.54, 1.807) is 25.1 Å². The number of carboxylic acids is 1. The molecule has 13 heteroatoms. The number of hydroxylamine groups is 1. The molecule has 1 saturated heterocycles. The van der Waals surface area contributed by atoms with E-state index in [4.69, 9.17) is 9.94 Å². The molecule has 1 aliphatic rings. The van der Waals surface area contributed by atoms with Gasteiger partial charge in [0.1, 0.15) is 5.75 Å². The lowest BCUT2D eigenvalue weighted by atomic mass is 9.93. The van der Waals surface area contributed by atoms with Gasteiger partial charge in [-0.2, -0.15) is 5.10 Å². The zero-order chi connectivity index (χ0) is 29.9. The van der Waals surface area contributed by atoms with Gasteiger partial charge in [-0.15, -0.1) is 18.3 Å². The molecule has 1 aromatic heterocycles. The Morgan fingerprint density at radius 3 is 2.22 bits per heavy atom. The summed E-state index contributed by atoms with van der Waals surface area (Å²) < 4.78 is 42.3. The van der Waals surface area contributed by atoms with Crippen LogP contribution in [-0.2, 0) is 19.2 Å². The molecule has 0 aliphatic carbocycles. The molecule has 2 N–H and O–H groups in total. The number of aryl methyl sites for hydroxylation is 1. The van der Waals surface area contributed by atoms with Crippen molar-refractivity contribution in [2.45, 2.75) is 39.1 Å². The topological polar surface area (TPSA) is 131 Å². The first kappa shape index (κ1) is 29.2. The summed E-state index contributed by atoms with van der Waals surface area (Å²) in [5.74, 6) is -3.52. The van der Waals surface area contributed by atoms with Gasteiger partial charge in [0.05, 0.1) is 23.0 Å². The largest absolute Gasteiger partial charge is 0.573 e. The Hall–Kier alpha value is -4.78. The maximum Gasteiger partial charge on any atom is 0.573 e. The highest BCUT2D eigenvalue weighted by Crippen LogP contribution is 2.42. The molecule has 1 fully saturated rings. The van der Waals surface area contributed by atoms with Crippen molar-refractivity contribution in [3.05, 3.63) is 88.6 Å². The average Bonchev–Trinajstić information content (AvgIpc) is 3.16. The van der Waals surface area contributed by atoms with Gasteiger partial charge in [-0.1, -0.05) is 50.2 Å². The molecular weight excluding hydrogens is 545 g/mol. The molecule has 1 aliphatic heterocycles. The third kappa shape index (κ3) is 6.69. The minimum absolute atomic E-state index is 0.00287. The molecule has 2 heterocycles. The summed E-state index contributed by atoms with van der Waals surface area (Å²) in [5.41, 5.74) is 4.55. The summed E-state index contributed by atoms with van der Waals surface area (Å²) in [5, 5.41) is 17.1. The minimum atomic E-state index is -4.92. The zero-order valence-electron chi connectivity index (χ0n) is 22.1. The second kappa shape index (κ2) is 11.8. The summed E-state index contributed by atoms with van der Waals surface area (Å²) >= 11 is 0. The number of amides is 1. The van der Waals surface area contributed by atoms with Gasteiger partial charge in [-0.05, 0) is 48.2 Å². The van der Waals surface area contributed by atoms with Crippen molar-refractivity contribution in [1.29, 1.82) is 0 Å². The molecule has 0 bridgehead atoms. The second-order valence-corrected chi connectivity index (χ2v) is 9.41. The fraction of sp³-hybridized carbons (Fsp3) is 0.250. The Kier molecular flexibility index (Phi) is 8.38. The van der Waals surface area contributed by atoms with Crippen LogP contribution in [0.25, 0.3) is 5.70 Å². The van der Waals surface area contributed by atoms with Crippen molar-refractivity contribution in [3.8, 4) is 5.75 Å². The highest BCUT2D eigenvalue weighted by atomic mass is 19.4. The van der Waals surface area contributed by atoms with Crippen LogP contribution in [0.3, 0.4) is 0 Å². The van der Waals surface area contributed by atoms with Crippen LogP contribution in [0.4, 0.5) is 19.0 Å². The lowest BCUT2D eigenvalue weighted by molar-refractivity contribution is -0.274. The van der Waals surface area contributed by atoms with Crippen LogP contribution in [0.15, 0.2) is 66.2 Å². The van der Waals surface area contributed by atoms with E-state index in [9.17, 15) is 27.6 Å². The van der Waals surface area contributed by atoms with Gasteiger partial charge in [0.25, 0.3) is 5.78 Å². The van der Waals surface area contributed by atoms with E-state index in [1.807, 2.05) is 26.0 Å². The number of carbonyl (C=O) groups is 3. The maximum absolute atomic E-state index is 13.6. The number of anilines is 1. The summed E-state index contributed by atoms with van der Waals surface area (Å²) in [6.45, 7) is 4.89. The lowest BCUT2D eigenvalue weighted by Gasteiger charge is -2.25. The molecule has 0 saturated carbocycles. The summed E-state index contributed by atoms with van der Waals surface area (Å²) in [7, 11) is 0. The SMILES string of the molecule is Cc1ccc(N2C(=O)C(=O)C(=C(NOCC(=O)O)c3ccc(C(C)C)cc3)C2c2ccc(OC(F)(F)F)cc2)nn1. The van der Waals surface area contributed by atoms with E-state index in [0.29, 0.717) is 11.3 Å². The summed E-state index contributed by atoms with van der Waals surface area (Å²) in [4.78, 5) is 44.4. The van der Waals surface area contributed by atoms with Crippen LogP contribution >= 0.6 is 0 Å².